The van der Waals surface area contributed by atoms with E-state index in [-0.39, 0.29) is 0 Å². The van der Waals surface area contributed by atoms with Gasteiger partial charge in [-0.05, 0) is 24.1 Å². The van der Waals surface area contributed by atoms with Gasteiger partial charge in [0, 0.05) is 44.1 Å². The number of likely N-dealkylation sites (tertiary alicyclic amines) is 1. The van der Waals surface area contributed by atoms with Crippen LogP contribution in [0, 0.1) is 11.3 Å². The molecule has 0 spiro atoms. The molecule has 2 bridgehead atoms. The van der Waals surface area contributed by atoms with Crippen molar-refractivity contribution >= 4 is 11.5 Å². The van der Waals surface area contributed by atoms with Crippen molar-refractivity contribution in [2.24, 2.45) is 0 Å². The zero-order valence-electron chi connectivity index (χ0n) is 13.7. The summed E-state index contributed by atoms with van der Waals surface area (Å²) in [6.07, 6.45) is 6.54. The predicted octanol–water partition coefficient (Wildman–Crippen LogP) is 1.46. The van der Waals surface area contributed by atoms with Crippen molar-refractivity contribution in [2.75, 3.05) is 18.0 Å². The Hall–Kier alpha value is -2.98. The summed E-state index contributed by atoms with van der Waals surface area (Å²) in [7, 11) is 0. The SMILES string of the molecule is N#Cc1cccc(CN2CC3CC2CN3c2nccn3cnnc23)c1. The Morgan fingerprint density at radius 3 is 3.04 bits per heavy atom. The summed E-state index contributed by atoms with van der Waals surface area (Å²) in [4.78, 5) is 9.45. The Balaban J connectivity index is 1.35. The molecule has 2 aromatic heterocycles. The van der Waals surface area contributed by atoms with E-state index in [1.807, 2.05) is 35.0 Å². The summed E-state index contributed by atoms with van der Waals surface area (Å²) in [5.74, 6) is 0.929. The number of anilines is 1. The first-order chi connectivity index (χ1) is 12.3. The molecule has 4 heterocycles. The van der Waals surface area contributed by atoms with Gasteiger partial charge < -0.3 is 4.90 Å². The molecule has 2 aliphatic rings. The lowest BCUT2D eigenvalue weighted by Gasteiger charge is -2.34. The maximum Gasteiger partial charge on any atom is 0.203 e. The number of nitriles is 1. The summed E-state index contributed by atoms with van der Waals surface area (Å²) < 4.78 is 1.92. The molecular weight excluding hydrogens is 314 g/mol. The number of piperazine rings is 1. The Bertz CT molecular complexity index is 973. The van der Waals surface area contributed by atoms with Gasteiger partial charge in [0.25, 0.3) is 0 Å². The van der Waals surface area contributed by atoms with Crippen molar-refractivity contribution in [3.63, 3.8) is 0 Å². The average Bonchev–Trinajstić information content (AvgIpc) is 3.36. The lowest BCUT2D eigenvalue weighted by atomic mass is 10.1. The lowest BCUT2D eigenvalue weighted by Crippen LogP contribution is -2.46. The molecule has 0 radical (unpaired) electrons. The highest BCUT2D eigenvalue weighted by molar-refractivity contribution is 5.64. The molecule has 2 saturated heterocycles. The molecule has 25 heavy (non-hydrogen) atoms. The summed E-state index contributed by atoms with van der Waals surface area (Å²) in [6.45, 7) is 2.87. The van der Waals surface area contributed by atoms with Crippen LogP contribution in [0.1, 0.15) is 17.5 Å². The first-order valence-electron chi connectivity index (χ1n) is 8.46. The minimum absolute atomic E-state index is 0.458. The van der Waals surface area contributed by atoms with Gasteiger partial charge in [0.2, 0.25) is 5.65 Å². The number of hydrogen-bond acceptors (Lipinski definition) is 6. The van der Waals surface area contributed by atoms with Crippen LogP contribution in [0.5, 0.6) is 0 Å². The van der Waals surface area contributed by atoms with Crippen LogP contribution in [-0.4, -0.2) is 49.7 Å². The van der Waals surface area contributed by atoms with Crippen molar-refractivity contribution in [1.29, 1.82) is 5.26 Å². The molecule has 7 heteroatoms. The second-order valence-corrected chi connectivity index (χ2v) is 6.75. The number of fused-ring (bicyclic) bond motifs is 3. The third-order valence-corrected chi connectivity index (χ3v) is 5.26. The highest BCUT2D eigenvalue weighted by Gasteiger charge is 2.44. The summed E-state index contributed by atoms with van der Waals surface area (Å²) in [5, 5.41) is 17.3. The fourth-order valence-electron chi connectivity index (χ4n) is 4.12. The van der Waals surface area contributed by atoms with Crippen LogP contribution >= 0.6 is 0 Å². The van der Waals surface area contributed by atoms with Gasteiger partial charge in [-0.15, -0.1) is 10.2 Å². The molecular formula is C18H17N7. The van der Waals surface area contributed by atoms with E-state index in [0.717, 1.165) is 43.1 Å². The smallest absolute Gasteiger partial charge is 0.203 e. The molecule has 0 saturated carbocycles. The van der Waals surface area contributed by atoms with Crippen LogP contribution in [0.3, 0.4) is 0 Å². The van der Waals surface area contributed by atoms with Gasteiger partial charge in [0.05, 0.1) is 11.6 Å². The monoisotopic (exact) mass is 331 g/mol. The zero-order valence-corrected chi connectivity index (χ0v) is 13.7. The summed E-state index contributed by atoms with van der Waals surface area (Å²) in [5.41, 5.74) is 2.75. The van der Waals surface area contributed by atoms with Crippen LogP contribution in [-0.2, 0) is 6.54 Å². The molecule has 2 aliphatic heterocycles. The van der Waals surface area contributed by atoms with Gasteiger partial charge in [-0.1, -0.05) is 12.1 Å². The first kappa shape index (κ1) is 14.4. The Morgan fingerprint density at radius 1 is 1.24 bits per heavy atom. The predicted molar refractivity (Wildman–Crippen MR) is 91.9 cm³/mol. The normalized spacial score (nSPS) is 22.6. The van der Waals surface area contributed by atoms with E-state index < -0.39 is 0 Å². The Morgan fingerprint density at radius 2 is 2.20 bits per heavy atom. The van der Waals surface area contributed by atoms with Crippen molar-refractivity contribution < 1.29 is 0 Å². The maximum absolute atomic E-state index is 9.07. The molecule has 2 atom stereocenters. The van der Waals surface area contributed by atoms with Gasteiger partial charge in [0.1, 0.15) is 6.33 Å². The molecule has 0 aliphatic carbocycles. The van der Waals surface area contributed by atoms with E-state index in [2.05, 4.69) is 37.1 Å². The number of nitrogens with zero attached hydrogens (tertiary/aromatic N) is 7. The quantitative estimate of drug-likeness (QED) is 0.723. The van der Waals surface area contributed by atoms with Crippen LogP contribution in [0.4, 0.5) is 5.82 Å². The second kappa shape index (κ2) is 5.53. The zero-order chi connectivity index (χ0) is 16.8. The molecule has 3 aromatic rings. The second-order valence-electron chi connectivity index (χ2n) is 6.75. The highest BCUT2D eigenvalue weighted by Crippen LogP contribution is 2.35. The third-order valence-electron chi connectivity index (χ3n) is 5.26. The van der Waals surface area contributed by atoms with Crippen LogP contribution in [0.2, 0.25) is 0 Å². The van der Waals surface area contributed by atoms with Crippen molar-refractivity contribution in [3.05, 3.63) is 54.1 Å². The van der Waals surface area contributed by atoms with Crippen molar-refractivity contribution in [3.8, 4) is 6.07 Å². The molecule has 2 fully saturated rings. The van der Waals surface area contributed by atoms with E-state index in [0.29, 0.717) is 12.1 Å². The largest absolute Gasteiger partial charge is 0.348 e. The van der Waals surface area contributed by atoms with E-state index in [1.54, 1.807) is 6.33 Å². The van der Waals surface area contributed by atoms with Gasteiger partial charge >= 0.3 is 0 Å². The lowest BCUT2D eigenvalue weighted by molar-refractivity contribution is 0.230. The van der Waals surface area contributed by atoms with E-state index in [9.17, 15) is 0 Å². The molecule has 0 N–H and O–H groups in total. The minimum atomic E-state index is 0.458. The number of rotatable bonds is 3. The van der Waals surface area contributed by atoms with Crippen LogP contribution in [0.15, 0.2) is 43.0 Å². The molecule has 5 rings (SSSR count). The minimum Gasteiger partial charge on any atom is -0.348 e. The van der Waals surface area contributed by atoms with Gasteiger partial charge in [-0.25, -0.2) is 4.98 Å². The van der Waals surface area contributed by atoms with Gasteiger partial charge in [0.15, 0.2) is 5.82 Å². The van der Waals surface area contributed by atoms with Gasteiger partial charge in [-0.3, -0.25) is 9.30 Å². The summed E-state index contributed by atoms with van der Waals surface area (Å²) in [6, 6.07) is 11.1. The Kier molecular flexibility index (Phi) is 3.18. The average molecular weight is 331 g/mol. The molecule has 1 aromatic carbocycles. The highest BCUT2D eigenvalue weighted by atomic mass is 15.4. The standard InChI is InChI=1S/C18H17N7/c19-8-13-2-1-3-14(6-13)9-24-10-16-7-15(24)11-25(16)17-18-22-21-12-23(18)5-4-20-17/h1-6,12,15-16H,7,9-11H2. The Labute approximate surface area is 145 Å². The van der Waals surface area contributed by atoms with Crippen molar-refractivity contribution in [1.82, 2.24) is 24.5 Å². The molecule has 0 amide bonds. The molecule has 7 nitrogen and oxygen atoms in total. The maximum atomic E-state index is 9.07. The fourth-order valence-corrected chi connectivity index (χ4v) is 4.12. The van der Waals surface area contributed by atoms with E-state index >= 15 is 0 Å². The number of aromatic nitrogens is 4. The topological polar surface area (TPSA) is 73.4 Å². The summed E-state index contributed by atoms with van der Waals surface area (Å²) >= 11 is 0. The van der Waals surface area contributed by atoms with Crippen LogP contribution < -0.4 is 4.90 Å². The first-order valence-corrected chi connectivity index (χ1v) is 8.46. The third kappa shape index (κ3) is 2.34. The van der Waals surface area contributed by atoms with Gasteiger partial charge in [-0.2, -0.15) is 5.26 Å². The van der Waals surface area contributed by atoms with E-state index in [1.165, 1.54) is 5.56 Å². The van der Waals surface area contributed by atoms with Crippen molar-refractivity contribution in [2.45, 2.75) is 25.0 Å². The number of benzene rings is 1. The van der Waals surface area contributed by atoms with E-state index in [4.69, 9.17) is 5.26 Å². The number of hydrogen-bond donors (Lipinski definition) is 0. The van der Waals surface area contributed by atoms with Crippen LogP contribution in [0.25, 0.3) is 5.65 Å². The fraction of sp³-hybridized carbons (Fsp3) is 0.333. The molecule has 2 unspecified atom stereocenters. The molecule has 124 valence electrons.